The van der Waals surface area contributed by atoms with Crippen molar-refractivity contribution in [2.45, 2.75) is 32.7 Å². The highest BCUT2D eigenvalue weighted by Gasteiger charge is 2.16. The first kappa shape index (κ1) is 14.4. The summed E-state index contributed by atoms with van der Waals surface area (Å²) in [5.41, 5.74) is 3.81. The fourth-order valence-corrected chi connectivity index (χ4v) is 2.79. The van der Waals surface area contributed by atoms with Crippen LogP contribution in [0.15, 0.2) is 18.2 Å². The van der Waals surface area contributed by atoms with Gasteiger partial charge in [-0.05, 0) is 38.5 Å². The Kier molecular flexibility index (Phi) is 4.16. The van der Waals surface area contributed by atoms with Gasteiger partial charge in [0.05, 0.1) is 17.6 Å². The van der Waals surface area contributed by atoms with Crippen molar-refractivity contribution < 1.29 is 4.39 Å². The van der Waals surface area contributed by atoms with Crippen LogP contribution >= 0.6 is 23.2 Å². The second-order valence-corrected chi connectivity index (χ2v) is 5.66. The number of halogens is 3. The highest BCUT2D eigenvalue weighted by molar-refractivity contribution is 6.31. The first-order chi connectivity index (χ1) is 8.90. The zero-order chi connectivity index (χ0) is 14.2. The number of rotatable bonds is 3. The molecular weight excluding hydrogens is 286 g/mol. The molecule has 0 fully saturated rings. The summed E-state index contributed by atoms with van der Waals surface area (Å²) < 4.78 is 14.9. The van der Waals surface area contributed by atoms with E-state index in [-0.39, 0.29) is 11.2 Å². The molecule has 0 aliphatic rings. The molecule has 0 saturated heterocycles. The van der Waals surface area contributed by atoms with Gasteiger partial charge in [0.1, 0.15) is 5.82 Å². The molecule has 5 heteroatoms. The van der Waals surface area contributed by atoms with E-state index < -0.39 is 0 Å². The predicted octanol–water partition coefficient (Wildman–Crippen LogP) is 4.64. The molecule has 0 bridgehead atoms. The molecule has 2 rings (SSSR count). The smallest absolute Gasteiger partial charge is 0.124 e. The Morgan fingerprint density at radius 1 is 1.37 bits per heavy atom. The van der Waals surface area contributed by atoms with E-state index in [1.807, 2.05) is 25.5 Å². The van der Waals surface area contributed by atoms with Gasteiger partial charge in [0.2, 0.25) is 0 Å². The third kappa shape index (κ3) is 2.93. The number of nitrogens with zero attached hydrogens (tertiary/aromatic N) is 2. The van der Waals surface area contributed by atoms with Crippen LogP contribution in [0, 0.1) is 19.7 Å². The third-order valence-electron chi connectivity index (χ3n) is 3.17. The molecule has 1 atom stereocenters. The minimum absolute atomic E-state index is 0.0857. The number of alkyl halides is 1. The number of aryl methyl sites for hydroxylation is 1. The zero-order valence-electron chi connectivity index (χ0n) is 11.0. The van der Waals surface area contributed by atoms with Crippen LogP contribution in [-0.2, 0) is 6.54 Å². The van der Waals surface area contributed by atoms with Gasteiger partial charge < -0.3 is 0 Å². The van der Waals surface area contributed by atoms with E-state index in [4.69, 9.17) is 23.2 Å². The molecule has 0 N–H and O–H groups in total. The van der Waals surface area contributed by atoms with E-state index in [0.717, 1.165) is 22.5 Å². The van der Waals surface area contributed by atoms with Crippen LogP contribution in [0.25, 0.3) is 0 Å². The Labute approximate surface area is 122 Å². The second-order valence-electron chi connectivity index (χ2n) is 4.59. The molecule has 0 saturated carbocycles. The first-order valence-electron chi connectivity index (χ1n) is 6.02. The Bertz CT molecular complexity index is 606. The molecule has 1 unspecified atom stereocenters. The summed E-state index contributed by atoms with van der Waals surface area (Å²) in [7, 11) is 0. The second kappa shape index (κ2) is 5.51. The molecule has 0 spiro atoms. The van der Waals surface area contributed by atoms with E-state index in [1.165, 1.54) is 12.1 Å². The van der Waals surface area contributed by atoms with Crippen molar-refractivity contribution in [3.8, 4) is 0 Å². The lowest BCUT2D eigenvalue weighted by atomic mass is 10.1. The predicted molar refractivity (Wildman–Crippen MR) is 76.5 cm³/mol. The lowest BCUT2D eigenvalue weighted by molar-refractivity contribution is 0.622. The summed E-state index contributed by atoms with van der Waals surface area (Å²) in [4.78, 5) is 0. The molecular formula is C14H15Cl2FN2. The quantitative estimate of drug-likeness (QED) is 0.755. The average Bonchev–Trinajstić information content (AvgIpc) is 2.58. The topological polar surface area (TPSA) is 17.8 Å². The van der Waals surface area contributed by atoms with Crippen LogP contribution in [0.2, 0.25) is 5.02 Å². The van der Waals surface area contributed by atoms with Crippen molar-refractivity contribution in [1.29, 1.82) is 0 Å². The Morgan fingerprint density at radius 2 is 2.05 bits per heavy atom. The molecule has 102 valence electrons. The number of hydrogen-bond donors (Lipinski definition) is 0. The van der Waals surface area contributed by atoms with Gasteiger partial charge in [0.25, 0.3) is 0 Å². The van der Waals surface area contributed by atoms with Gasteiger partial charge in [-0.15, -0.1) is 11.6 Å². The van der Waals surface area contributed by atoms with E-state index in [0.29, 0.717) is 11.6 Å². The van der Waals surface area contributed by atoms with E-state index >= 15 is 0 Å². The van der Waals surface area contributed by atoms with Gasteiger partial charge in [0, 0.05) is 16.3 Å². The maximum atomic E-state index is 13.0. The van der Waals surface area contributed by atoms with Gasteiger partial charge >= 0.3 is 0 Å². The Balaban J connectivity index is 2.36. The largest absolute Gasteiger partial charge is 0.265 e. The van der Waals surface area contributed by atoms with Crippen molar-refractivity contribution in [2.75, 3.05) is 0 Å². The summed E-state index contributed by atoms with van der Waals surface area (Å²) >= 11 is 12.2. The molecule has 0 amide bonds. The van der Waals surface area contributed by atoms with Gasteiger partial charge in [-0.2, -0.15) is 5.10 Å². The van der Waals surface area contributed by atoms with Crippen LogP contribution in [-0.4, -0.2) is 9.78 Å². The molecule has 0 aliphatic carbocycles. The highest BCUT2D eigenvalue weighted by Crippen LogP contribution is 2.27. The number of hydrogen-bond acceptors (Lipinski definition) is 1. The fraction of sp³-hybridized carbons (Fsp3) is 0.357. The van der Waals surface area contributed by atoms with Gasteiger partial charge in [-0.3, -0.25) is 4.68 Å². The standard InChI is InChI=1S/C14H15Cl2FN2/c1-8(15)14-9(2)18-19(10(14)3)7-11-4-5-12(17)6-13(11)16/h4-6,8H,7H2,1-3H3. The van der Waals surface area contributed by atoms with Gasteiger partial charge in [0.15, 0.2) is 0 Å². The summed E-state index contributed by atoms with van der Waals surface area (Å²) in [5.74, 6) is -0.336. The summed E-state index contributed by atoms with van der Waals surface area (Å²) in [6.45, 7) is 6.35. The summed E-state index contributed by atoms with van der Waals surface area (Å²) in [6.07, 6.45) is 0. The molecule has 1 aromatic carbocycles. The average molecular weight is 301 g/mol. The van der Waals surface area contributed by atoms with Crippen LogP contribution in [0.3, 0.4) is 0 Å². The van der Waals surface area contributed by atoms with Crippen molar-refractivity contribution in [1.82, 2.24) is 9.78 Å². The molecule has 1 aromatic heterocycles. The van der Waals surface area contributed by atoms with Crippen LogP contribution in [0.4, 0.5) is 4.39 Å². The molecule has 0 aliphatic heterocycles. The van der Waals surface area contributed by atoms with Crippen LogP contribution in [0.1, 0.15) is 34.8 Å². The summed E-state index contributed by atoms with van der Waals surface area (Å²) in [6, 6.07) is 4.39. The highest BCUT2D eigenvalue weighted by atomic mass is 35.5. The van der Waals surface area contributed by atoms with Gasteiger partial charge in [-0.25, -0.2) is 4.39 Å². The SMILES string of the molecule is Cc1nn(Cc2ccc(F)cc2Cl)c(C)c1C(C)Cl. The lowest BCUT2D eigenvalue weighted by Gasteiger charge is -2.08. The number of aromatic nitrogens is 2. The minimum atomic E-state index is -0.336. The van der Waals surface area contributed by atoms with E-state index in [1.54, 1.807) is 6.07 Å². The fourth-order valence-electron chi connectivity index (χ4n) is 2.25. The van der Waals surface area contributed by atoms with E-state index in [2.05, 4.69) is 5.10 Å². The number of benzene rings is 1. The zero-order valence-corrected chi connectivity index (χ0v) is 12.6. The van der Waals surface area contributed by atoms with Crippen molar-refractivity contribution in [3.63, 3.8) is 0 Å². The summed E-state index contributed by atoms with van der Waals surface area (Å²) in [5, 5.41) is 4.79. The molecule has 2 aromatic rings. The maximum absolute atomic E-state index is 13.0. The first-order valence-corrected chi connectivity index (χ1v) is 6.83. The van der Waals surface area contributed by atoms with Crippen molar-refractivity contribution >= 4 is 23.2 Å². The normalized spacial score (nSPS) is 12.7. The maximum Gasteiger partial charge on any atom is 0.124 e. The monoisotopic (exact) mass is 300 g/mol. The van der Waals surface area contributed by atoms with Crippen LogP contribution in [0.5, 0.6) is 0 Å². The van der Waals surface area contributed by atoms with Gasteiger partial charge in [-0.1, -0.05) is 17.7 Å². The molecule has 19 heavy (non-hydrogen) atoms. The van der Waals surface area contributed by atoms with Crippen molar-refractivity contribution in [2.24, 2.45) is 0 Å². The molecule has 2 nitrogen and oxygen atoms in total. The Hall–Kier alpha value is -1.06. The minimum Gasteiger partial charge on any atom is -0.265 e. The molecule has 0 radical (unpaired) electrons. The van der Waals surface area contributed by atoms with E-state index in [9.17, 15) is 4.39 Å². The van der Waals surface area contributed by atoms with Crippen LogP contribution < -0.4 is 0 Å². The Morgan fingerprint density at radius 3 is 2.58 bits per heavy atom. The third-order valence-corrected chi connectivity index (χ3v) is 3.74. The lowest BCUT2D eigenvalue weighted by Crippen LogP contribution is -2.05. The molecule has 1 heterocycles. The van der Waals surface area contributed by atoms with Crippen molar-refractivity contribution in [3.05, 3.63) is 51.6 Å².